The van der Waals surface area contributed by atoms with Gasteiger partial charge in [-0.25, -0.2) is 0 Å². The van der Waals surface area contributed by atoms with Crippen molar-refractivity contribution in [2.24, 2.45) is 0 Å². The van der Waals surface area contributed by atoms with Gasteiger partial charge in [-0.15, -0.1) is 0 Å². The number of methoxy groups -OCH3 is 1. The second-order valence-electron chi connectivity index (χ2n) is 6.14. The third kappa shape index (κ3) is 3.42. The van der Waals surface area contributed by atoms with Crippen molar-refractivity contribution in [1.29, 1.82) is 0 Å². The molecular formula is C17H19ClN2O5. The van der Waals surface area contributed by atoms with E-state index in [1.54, 1.807) is 18.2 Å². The summed E-state index contributed by atoms with van der Waals surface area (Å²) in [6.07, 6.45) is -0.454. The fourth-order valence-electron chi connectivity index (χ4n) is 3.15. The normalized spacial score (nSPS) is 22.8. The van der Waals surface area contributed by atoms with Crippen LogP contribution in [0.5, 0.6) is 5.75 Å². The SMILES string of the molecule is COC(=O)CN1CCN2C(=O)[C@@H](Oc3ccc(Cl)c(C)c3)C[C@H]2C1=O. The van der Waals surface area contributed by atoms with Crippen molar-refractivity contribution in [3.8, 4) is 5.75 Å². The monoisotopic (exact) mass is 366 g/mol. The summed E-state index contributed by atoms with van der Waals surface area (Å²) in [5, 5.41) is 0.621. The first kappa shape index (κ1) is 17.5. The molecule has 2 atom stereocenters. The van der Waals surface area contributed by atoms with Crippen LogP contribution < -0.4 is 4.74 Å². The molecule has 7 nitrogen and oxygen atoms in total. The number of ether oxygens (including phenoxy) is 2. The molecule has 2 amide bonds. The van der Waals surface area contributed by atoms with Crippen LogP contribution in [0.1, 0.15) is 12.0 Å². The lowest BCUT2D eigenvalue weighted by Gasteiger charge is -2.35. The summed E-state index contributed by atoms with van der Waals surface area (Å²) in [6.45, 7) is 2.44. The minimum Gasteiger partial charge on any atom is -0.480 e. The number of amides is 2. The largest absolute Gasteiger partial charge is 0.480 e. The van der Waals surface area contributed by atoms with Gasteiger partial charge in [0.25, 0.3) is 5.91 Å². The van der Waals surface area contributed by atoms with Crippen LogP contribution in [0.25, 0.3) is 0 Å². The van der Waals surface area contributed by atoms with Crippen molar-refractivity contribution in [1.82, 2.24) is 9.80 Å². The molecule has 2 saturated heterocycles. The number of hydrogen-bond acceptors (Lipinski definition) is 5. The average molecular weight is 367 g/mol. The Labute approximate surface area is 150 Å². The lowest BCUT2D eigenvalue weighted by Crippen LogP contribution is -2.56. The highest BCUT2D eigenvalue weighted by Crippen LogP contribution is 2.29. The number of piperazine rings is 1. The van der Waals surface area contributed by atoms with Crippen molar-refractivity contribution >= 4 is 29.4 Å². The molecule has 2 aliphatic rings. The number of hydrogen-bond donors (Lipinski definition) is 0. The van der Waals surface area contributed by atoms with Crippen molar-refractivity contribution in [2.75, 3.05) is 26.7 Å². The molecule has 0 bridgehead atoms. The molecule has 2 fully saturated rings. The number of benzene rings is 1. The van der Waals surface area contributed by atoms with Gasteiger partial charge in [-0.3, -0.25) is 14.4 Å². The van der Waals surface area contributed by atoms with Gasteiger partial charge in [0.05, 0.1) is 7.11 Å². The molecule has 1 aromatic carbocycles. The van der Waals surface area contributed by atoms with Gasteiger partial charge in [0.15, 0.2) is 6.10 Å². The Bertz CT molecular complexity index is 723. The summed E-state index contributed by atoms with van der Waals surface area (Å²) < 4.78 is 10.4. The number of carbonyl (C=O) groups is 3. The van der Waals surface area contributed by atoms with E-state index in [0.29, 0.717) is 23.9 Å². The summed E-state index contributed by atoms with van der Waals surface area (Å²) in [7, 11) is 1.28. The van der Waals surface area contributed by atoms with Crippen LogP contribution >= 0.6 is 11.6 Å². The zero-order valence-electron chi connectivity index (χ0n) is 14.0. The molecule has 0 radical (unpaired) electrons. The summed E-state index contributed by atoms with van der Waals surface area (Å²) in [5.41, 5.74) is 0.850. The van der Waals surface area contributed by atoms with E-state index in [2.05, 4.69) is 4.74 Å². The highest BCUT2D eigenvalue weighted by molar-refractivity contribution is 6.31. The first-order chi connectivity index (χ1) is 11.9. The lowest BCUT2D eigenvalue weighted by atomic mass is 10.1. The molecule has 3 rings (SSSR count). The molecule has 2 aliphatic heterocycles. The van der Waals surface area contributed by atoms with Crippen LogP contribution in [0.3, 0.4) is 0 Å². The van der Waals surface area contributed by atoms with Crippen molar-refractivity contribution in [2.45, 2.75) is 25.5 Å². The number of halogens is 1. The lowest BCUT2D eigenvalue weighted by molar-refractivity contribution is -0.153. The highest BCUT2D eigenvalue weighted by atomic mass is 35.5. The minimum absolute atomic E-state index is 0.101. The van der Waals surface area contributed by atoms with E-state index < -0.39 is 18.1 Å². The standard InChI is InChI=1S/C17H19ClN2O5/c1-10-7-11(3-4-12(10)18)25-14-8-13-16(22)19(9-15(21)24-2)5-6-20(13)17(14)23/h3-4,7,13-14H,5-6,8-9H2,1-2H3/t13-,14-/m0/s1. The molecule has 0 saturated carbocycles. The Balaban J connectivity index is 1.70. The van der Waals surface area contributed by atoms with E-state index >= 15 is 0 Å². The first-order valence-corrected chi connectivity index (χ1v) is 8.37. The maximum atomic E-state index is 12.6. The minimum atomic E-state index is -0.715. The van der Waals surface area contributed by atoms with Crippen molar-refractivity contribution in [3.63, 3.8) is 0 Å². The van der Waals surface area contributed by atoms with E-state index in [0.717, 1.165) is 5.56 Å². The molecule has 134 valence electrons. The van der Waals surface area contributed by atoms with E-state index in [-0.39, 0.29) is 24.8 Å². The maximum absolute atomic E-state index is 12.6. The van der Waals surface area contributed by atoms with Crippen LogP contribution in [-0.2, 0) is 19.1 Å². The molecule has 0 aliphatic carbocycles. The number of carbonyl (C=O) groups excluding carboxylic acids is 3. The van der Waals surface area contributed by atoms with Crippen LogP contribution in [0, 0.1) is 6.92 Å². The van der Waals surface area contributed by atoms with Gasteiger partial charge >= 0.3 is 5.97 Å². The summed E-state index contributed by atoms with van der Waals surface area (Å²) in [6, 6.07) is 4.58. The second kappa shape index (κ2) is 6.92. The molecule has 0 N–H and O–H groups in total. The second-order valence-corrected chi connectivity index (χ2v) is 6.54. The van der Waals surface area contributed by atoms with Crippen molar-refractivity contribution < 1.29 is 23.9 Å². The Morgan fingerprint density at radius 2 is 2.04 bits per heavy atom. The fraction of sp³-hybridized carbons (Fsp3) is 0.471. The molecule has 8 heteroatoms. The molecule has 1 aromatic rings. The molecule has 2 heterocycles. The van der Waals surface area contributed by atoms with E-state index in [1.807, 2.05) is 6.92 Å². The summed E-state index contributed by atoms with van der Waals surface area (Å²) in [5.74, 6) is -0.387. The Kier molecular flexibility index (Phi) is 4.85. The van der Waals surface area contributed by atoms with Gasteiger partial charge in [0.1, 0.15) is 18.3 Å². The quantitative estimate of drug-likeness (QED) is 0.743. The fourth-order valence-corrected chi connectivity index (χ4v) is 3.27. The average Bonchev–Trinajstić information content (AvgIpc) is 2.90. The predicted octanol–water partition coefficient (Wildman–Crippen LogP) is 1.01. The van der Waals surface area contributed by atoms with Gasteiger partial charge < -0.3 is 19.3 Å². The van der Waals surface area contributed by atoms with Crippen molar-refractivity contribution in [3.05, 3.63) is 28.8 Å². The smallest absolute Gasteiger partial charge is 0.325 e. The maximum Gasteiger partial charge on any atom is 0.325 e. The number of rotatable bonds is 4. The first-order valence-electron chi connectivity index (χ1n) is 7.99. The molecule has 0 unspecified atom stereocenters. The van der Waals surface area contributed by atoms with E-state index in [4.69, 9.17) is 16.3 Å². The van der Waals surface area contributed by atoms with Crippen LogP contribution in [-0.4, -0.2) is 66.5 Å². The van der Waals surface area contributed by atoms with E-state index in [9.17, 15) is 14.4 Å². The molecule has 0 aromatic heterocycles. The Hall–Kier alpha value is -2.28. The van der Waals surface area contributed by atoms with Crippen LogP contribution in [0.2, 0.25) is 5.02 Å². The number of fused-ring (bicyclic) bond motifs is 1. The van der Waals surface area contributed by atoms with Gasteiger partial charge in [-0.1, -0.05) is 11.6 Å². The Morgan fingerprint density at radius 3 is 2.72 bits per heavy atom. The number of nitrogens with zero attached hydrogens (tertiary/aromatic N) is 2. The van der Waals surface area contributed by atoms with Gasteiger partial charge in [-0.2, -0.15) is 0 Å². The zero-order valence-corrected chi connectivity index (χ0v) is 14.8. The Morgan fingerprint density at radius 1 is 1.28 bits per heavy atom. The summed E-state index contributed by atoms with van der Waals surface area (Å²) in [4.78, 5) is 39.5. The zero-order chi connectivity index (χ0) is 18.1. The highest BCUT2D eigenvalue weighted by Gasteiger charge is 2.48. The third-order valence-electron chi connectivity index (χ3n) is 4.54. The number of aryl methyl sites for hydroxylation is 1. The predicted molar refractivity (Wildman–Crippen MR) is 89.3 cm³/mol. The van der Waals surface area contributed by atoms with Gasteiger partial charge in [0.2, 0.25) is 5.91 Å². The topological polar surface area (TPSA) is 76.2 Å². The van der Waals surface area contributed by atoms with Crippen LogP contribution in [0.4, 0.5) is 0 Å². The molecular weight excluding hydrogens is 348 g/mol. The van der Waals surface area contributed by atoms with Gasteiger partial charge in [-0.05, 0) is 30.7 Å². The van der Waals surface area contributed by atoms with Gasteiger partial charge in [0, 0.05) is 24.5 Å². The molecule has 0 spiro atoms. The third-order valence-corrected chi connectivity index (χ3v) is 4.96. The number of esters is 1. The van der Waals surface area contributed by atoms with E-state index in [1.165, 1.54) is 16.9 Å². The summed E-state index contributed by atoms with van der Waals surface area (Å²) >= 11 is 6.00. The van der Waals surface area contributed by atoms with Crippen LogP contribution in [0.15, 0.2) is 18.2 Å². The molecule has 25 heavy (non-hydrogen) atoms.